The highest BCUT2D eigenvalue weighted by atomic mass is 32.2. The fourth-order valence-electron chi connectivity index (χ4n) is 2.13. The van der Waals surface area contributed by atoms with E-state index in [4.69, 9.17) is 0 Å². The van der Waals surface area contributed by atoms with Crippen LogP contribution in [0.25, 0.3) is 10.9 Å². The second-order valence-electron chi connectivity index (χ2n) is 4.89. The van der Waals surface area contributed by atoms with Gasteiger partial charge >= 0.3 is 0 Å². The van der Waals surface area contributed by atoms with Gasteiger partial charge in [-0.15, -0.1) is 0 Å². The number of nitrogens with zero attached hydrogens (tertiary/aromatic N) is 2. The van der Waals surface area contributed by atoms with Crippen molar-refractivity contribution in [2.75, 3.05) is 18.6 Å². The van der Waals surface area contributed by atoms with E-state index in [1.807, 2.05) is 41.9 Å². The van der Waals surface area contributed by atoms with Crippen molar-refractivity contribution in [1.29, 1.82) is 0 Å². The van der Waals surface area contributed by atoms with Crippen LogP contribution in [0, 0.1) is 0 Å². The van der Waals surface area contributed by atoms with E-state index in [0.29, 0.717) is 5.56 Å². The summed E-state index contributed by atoms with van der Waals surface area (Å²) in [5.41, 5.74) is 1.51. The number of H-pyrrole nitrogens is 1. The summed E-state index contributed by atoms with van der Waals surface area (Å²) in [6.45, 7) is 4.25. The maximum atomic E-state index is 12.6. The number of nitrogens with one attached hydrogen (secondary N) is 1. The van der Waals surface area contributed by atoms with Crippen LogP contribution in [-0.4, -0.2) is 45.6 Å². The Hall–Kier alpha value is -1.49. The number of hydrogen-bond acceptors (Lipinski definition) is 3. The van der Waals surface area contributed by atoms with Crippen LogP contribution in [0.5, 0.6) is 0 Å². The summed E-state index contributed by atoms with van der Waals surface area (Å²) in [6, 6.07) is 5.94. The molecule has 1 atom stereocenters. The van der Waals surface area contributed by atoms with Crippen LogP contribution in [0.3, 0.4) is 0 Å². The van der Waals surface area contributed by atoms with Crippen molar-refractivity contribution in [1.82, 2.24) is 15.1 Å². The van der Waals surface area contributed by atoms with Gasteiger partial charge in [0.25, 0.3) is 5.91 Å². The van der Waals surface area contributed by atoms with E-state index in [2.05, 4.69) is 24.0 Å². The first kappa shape index (κ1) is 14.9. The molecule has 1 amide bonds. The summed E-state index contributed by atoms with van der Waals surface area (Å²) < 4.78 is 0. The lowest BCUT2D eigenvalue weighted by Crippen LogP contribution is -2.35. The molecule has 1 aromatic carbocycles. The molecule has 0 saturated carbocycles. The fraction of sp³-hybridized carbons (Fsp3) is 0.467. The number of aromatic nitrogens is 2. The zero-order chi connectivity index (χ0) is 14.5. The maximum absolute atomic E-state index is 12.6. The smallest absolute Gasteiger partial charge is 0.256 e. The van der Waals surface area contributed by atoms with Crippen LogP contribution in [0.1, 0.15) is 30.6 Å². The number of hydrogen-bond donors (Lipinski definition) is 1. The molecule has 0 saturated heterocycles. The summed E-state index contributed by atoms with van der Waals surface area (Å²) in [5, 5.41) is 7.89. The Balaban J connectivity index is 2.12. The van der Waals surface area contributed by atoms with E-state index in [0.717, 1.165) is 28.8 Å². The number of aromatic amines is 1. The number of para-hydroxylation sites is 1. The predicted octanol–water partition coefficient (Wildman–Crippen LogP) is 3.17. The van der Waals surface area contributed by atoms with Gasteiger partial charge < -0.3 is 4.90 Å². The average molecular weight is 291 g/mol. The van der Waals surface area contributed by atoms with Crippen molar-refractivity contribution in [2.24, 2.45) is 0 Å². The fourth-order valence-corrected chi connectivity index (χ4v) is 2.93. The number of amides is 1. The molecular formula is C15H21N3OS. The molecule has 1 aromatic heterocycles. The molecule has 0 fully saturated rings. The van der Waals surface area contributed by atoms with Gasteiger partial charge in [0.15, 0.2) is 0 Å². The van der Waals surface area contributed by atoms with E-state index in [1.54, 1.807) is 6.20 Å². The molecule has 0 unspecified atom stereocenters. The highest BCUT2D eigenvalue weighted by Gasteiger charge is 2.19. The number of rotatable bonds is 6. The van der Waals surface area contributed by atoms with Gasteiger partial charge in [-0.05, 0) is 30.9 Å². The molecule has 1 N–H and O–H groups in total. The third-order valence-corrected chi connectivity index (χ3v) is 4.51. The van der Waals surface area contributed by atoms with Crippen LogP contribution in [0.15, 0.2) is 24.4 Å². The Morgan fingerprint density at radius 2 is 2.30 bits per heavy atom. The number of fused-ring (bicyclic) bond motifs is 1. The lowest BCUT2D eigenvalue weighted by Gasteiger charge is -2.25. The van der Waals surface area contributed by atoms with Crippen LogP contribution in [0.2, 0.25) is 0 Å². The van der Waals surface area contributed by atoms with E-state index >= 15 is 0 Å². The zero-order valence-corrected chi connectivity index (χ0v) is 13.0. The molecule has 0 aliphatic rings. The third kappa shape index (κ3) is 3.15. The number of carbonyl (C=O) groups excluding carboxylic acids is 1. The minimum Gasteiger partial charge on any atom is -0.339 e. The molecular weight excluding hydrogens is 270 g/mol. The Morgan fingerprint density at radius 3 is 3.05 bits per heavy atom. The van der Waals surface area contributed by atoms with Gasteiger partial charge in [0.2, 0.25) is 0 Å². The van der Waals surface area contributed by atoms with Crippen molar-refractivity contribution < 1.29 is 4.79 Å². The zero-order valence-electron chi connectivity index (χ0n) is 12.2. The maximum Gasteiger partial charge on any atom is 0.256 e. The van der Waals surface area contributed by atoms with Gasteiger partial charge in [0, 0.05) is 18.5 Å². The molecule has 1 heterocycles. The second-order valence-corrected chi connectivity index (χ2v) is 6.28. The molecule has 2 aromatic rings. The SMILES string of the molecule is CCSCC[C@H](C)N(C)C(=O)c1cccc2cn[nH]c12. The number of thioether (sulfide) groups is 1. The van der Waals surface area contributed by atoms with Crippen molar-refractivity contribution in [3.63, 3.8) is 0 Å². The Morgan fingerprint density at radius 1 is 1.50 bits per heavy atom. The van der Waals surface area contributed by atoms with Crippen molar-refractivity contribution >= 4 is 28.6 Å². The molecule has 0 aliphatic heterocycles. The largest absolute Gasteiger partial charge is 0.339 e. The molecule has 20 heavy (non-hydrogen) atoms. The van der Waals surface area contributed by atoms with Crippen molar-refractivity contribution in [3.05, 3.63) is 30.0 Å². The number of benzene rings is 1. The van der Waals surface area contributed by atoms with Gasteiger partial charge in [-0.2, -0.15) is 16.9 Å². The van der Waals surface area contributed by atoms with Gasteiger partial charge in [-0.25, -0.2) is 0 Å². The molecule has 0 aliphatic carbocycles. The summed E-state index contributed by atoms with van der Waals surface area (Å²) in [5.74, 6) is 2.26. The lowest BCUT2D eigenvalue weighted by molar-refractivity contribution is 0.0743. The molecule has 5 heteroatoms. The van der Waals surface area contributed by atoms with Gasteiger partial charge in [0.05, 0.1) is 17.3 Å². The topological polar surface area (TPSA) is 49.0 Å². The Labute approximate surface area is 123 Å². The van der Waals surface area contributed by atoms with Crippen LogP contribution in [0.4, 0.5) is 0 Å². The van der Waals surface area contributed by atoms with E-state index in [1.165, 1.54) is 0 Å². The van der Waals surface area contributed by atoms with Crippen molar-refractivity contribution in [3.8, 4) is 0 Å². The average Bonchev–Trinajstić information content (AvgIpc) is 2.94. The van der Waals surface area contributed by atoms with Crippen LogP contribution >= 0.6 is 11.8 Å². The van der Waals surface area contributed by atoms with Gasteiger partial charge in [-0.3, -0.25) is 9.89 Å². The molecule has 4 nitrogen and oxygen atoms in total. The Bertz CT molecular complexity index is 581. The summed E-state index contributed by atoms with van der Waals surface area (Å²) in [4.78, 5) is 14.4. The first-order valence-corrected chi connectivity index (χ1v) is 8.07. The highest BCUT2D eigenvalue weighted by Crippen LogP contribution is 2.19. The first-order valence-electron chi connectivity index (χ1n) is 6.92. The molecule has 0 radical (unpaired) electrons. The second kappa shape index (κ2) is 6.79. The summed E-state index contributed by atoms with van der Waals surface area (Å²) in [6.07, 6.45) is 2.76. The minimum absolute atomic E-state index is 0.0499. The van der Waals surface area contributed by atoms with E-state index in [9.17, 15) is 4.79 Å². The normalized spacial score (nSPS) is 12.6. The first-order chi connectivity index (χ1) is 9.65. The summed E-state index contributed by atoms with van der Waals surface area (Å²) in [7, 11) is 1.87. The highest BCUT2D eigenvalue weighted by molar-refractivity contribution is 7.99. The predicted molar refractivity (Wildman–Crippen MR) is 85.3 cm³/mol. The van der Waals surface area contributed by atoms with Gasteiger partial charge in [0.1, 0.15) is 0 Å². The summed E-state index contributed by atoms with van der Waals surface area (Å²) >= 11 is 1.91. The Kier molecular flexibility index (Phi) is 5.06. The molecule has 0 spiro atoms. The standard InChI is InChI=1S/C15H21N3OS/c1-4-20-9-8-11(2)18(3)15(19)13-7-5-6-12-10-16-17-14(12)13/h5-7,10-11H,4,8-9H2,1-3H3,(H,16,17)/t11-/m0/s1. The van der Waals surface area contributed by atoms with Crippen LogP contribution in [-0.2, 0) is 0 Å². The molecule has 2 rings (SSSR count). The van der Waals surface area contributed by atoms with Crippen LogP contribution < -0.4 is 0 Å². The molecule has 108 valence electrons. The quantitative estimate of drug-likeness (QED) is 0.832. The van der Waals surface area contributed by atoms with E-state index < -0.39 is 0 Å². The monoisotopic (exact) mass is 291 g/mol. The lowest BCUT2D eigenvalue weighted by atomic mass is 10.1. The van der Waals surface area contributed by atoms with Crippen molar-refractivity contribution in [2.45, 2.75) is 26.3 Å². The minimum atomic E-state index is 0.0499. The molecule has 0 bridgehead atoms. The number of carbonyl (C=O) groups is 1. The van der Waals surface area contributed by atoms with E-state index in [-0.39, 0.29) is 11.9 Å². The van der Waals surface area contributed by atoms with Gasteiger partial charge in [-0.1, -0.05) is 19.1 Å². The third-order valence-electron chi connectivity index (χ3n) is 3.57.